The molecule has 0 saturated heterocycles. The third-order valence-electron chi connectivity index (χ3n) is 3.19. The first-order chi connectivity index (χ1) is 8.42. The summed E-state index contributed by atoms with van der Waals surface area (Å²) in [6, 6.07) is 0. The van der Waals surface area contributed by atoms with Crippen molar-refractivity contribution in [2.24, 2.45) is 0 Å². The van der Waals surface area contributed by atoms with E-state index in [-0.39, 0.29) is 5.91 Å². The van der Waals surface area contributed by atoms with Crippen molar-refractivity contribution >= 4 is 11.9 Å². The predicted molar refractivity (Wildman–Crippen MR) is 64.3 cm³/mol. The molecule has 0 fully saturated rings. The van der Waals surface area contributed by atoms with Gasteiger partial charge in [0.2, 0.25) is 0 Å². The number of fused-ring (bicyclic) bond motifs is 1. The minimum atomic E-state index is -1.28. The standard InChI is InChI=1S/C12H17N3O3/c1-12(2,11(17)18)14-10(16)8-7-13-15-6-4-3-5-9(8)15/h7H,3-6H2,1-2H3,(H,14,16)(H,17,18). The van der Waals surface area contributed by atoms with Gasteiger partial charge < -0.3 is 10.4 Å². The maximum absolute atomic E-state index is 12.1. The maximum Gasteiger partial charge on any atom is 0.328 e. The van der Waals surface area contributed by atoms with Crippen LogP contribution in [0.25, 0.3) is 0 Å². The number of rotatable bonds is 3. The van der Waals surface area contributed by atoms with Crippen LogP contribution in [0.15, 0.2) is 6.20 Å². The molecule has 1 amide bonds. The third-order valence-corrected chi connectivity index (χ3v) is 3.19. The molecular formula is C12H17N3O3. The lowest BCUT2D eigenvalue weighted by molar-refractivity contribution is -0.143. The SMILES string of the molecule is CC(C)(NC(=O)c1cnn2c1CCCC2)C(=O)O. The van der Waals surface area contributed by atoms with E-state index in [0.717, 1.165) is 31.5 Å². The summed E-state index contributed by atoms with van der Waals surface area (Å²) in [4.78, 5) is 23.0. The summed E-state index contributed by atoms with van der Waals surface area (Å²) < 4.78 is 1.83. The second kappa shape index (κ2) is 4.44. The molecule has 1 aromatic heterocycles. The van der Waals surface area contributed by atoms with Gasteiger partial charge in [-0.15, -0.1) is 0 Å². The van der Waals surface area contributed by atoms with E-state index in [9.17, 15) is 9.59 Å². The number of carbonyl (C=O) groups is 2. The first-order valence-electron chi connectivity index (χ1n) is 6.02. The smallest absolute Gasteiger partial charge is 0.328 e. The zero-order valence-electron chi connectivity index (χ0n) is 10.6. The number of nitrogens with one attached hydrogen (secondary N) is 1. The summed E-state index contributed by atoms with van der Waals surface area (Å²) in [6.07, 6.45) is 4.44. The fourth-order valence-electron chi connectivity index (χ4n) is 2.02. The van der Waals surface area contributed by atoms with Gasteiger partial charge in [0.15, 0.2) is 0 Å². The minimum absolute atomic E-state index is 0.370. The topological polar surface area (TPSA) is 84.2 Å². The zero-order chi connectivity index (χ0) is 13.3. The molecule has 0 aliphatic carbocycles. The Morgan fingerprint density at radius 1 is 1.44 bits per heavy atom. The first kappa shape index (κ1) is 12.6. The molecule has 0 saturated carbocycles. The zero-order valence-corrected chi connectivity index (χ0v) is 10.6. The van der Waals surface area contributed by atoms with Crippen molar-refractivity contribution in [3.05, 3.63) is 17.5 Å². The number of aromatic nitrogens is 2. The molecule has 6 nitrogen and oxygen atoms in total. The Labute approximate surface area is 105 Å². The second-order valence-corrected chi connectivity index (χ2v) is 5.07. The van der Waals surface area contributed by atoms with Gasteiger partial charge in [-0.05, 0) is 33.1 Å². The van der Waals surface area contributed by atoms with Crippen molar-refractivity contribution in [3.8, 4) is 0 Å². The Morgan fingerprint density at radius 3 is 2.83 bits per heavy atom. The van der Waals surface area contributed by atoms with Crippen LogP contribution in [-0.4, -0.2) is 32.3 Å². The van der Waals surface area contributed by atoms with Gasteiger partial charge in [-0.25, -0.2) is 4.79 Å². The van der Waals surface area contributed by atoms with E-state index in [2.05, 4.69) is 10.4 Å². The van der Waals surface area contributed by atoms with Gasteiger partial charge in [-0.2, -0.15) is 5.10 Å². The summed E-state index contributed by atoms with van der Waals surface area (Å²) in [5.74, 6) is -1.43. The van der Waals surface area contributed by atoms with Gasteiger partial charge in [-0.1, -0.05) is 0 Å². The van der Waals surface area contributed by atoms with Crippen LogP contribution in [0.2, 0.25) is 0 Å². The highest BCUT2D eigenvalue weighted by Gasteiger charge is 2.31. The van der Waals surface area contributed by atoms with Gasteiger partial charge >= 0.3 is 5.97 Å². The second-order valence-electron chi connectivity index (χ2n) is 5.07. The van der Waals surface area contributed by atoms with Crippen molar-refractivity contribution in [1.82, 2.24) is 15.1 Å². The number of amides is 1. The monoisotopic (exact) mass is 251 g/mol. The predicted octanol–water partition coefficient (Wildman–Crippen LogP) is 0.812. The van der Waals surface area contributed by atoms with Crippen molar-refractivity contribution in [2.75, 3.05) is 0 Å². The molecule has 2 rings (SSSR count). The van der Waals surface area contributed by atoms with Crippen molar-refractivity contribution in [2.45, 2.75) is 45.2 Å². The molecule has 1 aromatic rings. The molecule has 0 spiro atoms. The molecule has 1 aliphatic rings. The maximum atomic E-state index is 12.1. The van der Waals surface area contributed by atoms with Crippen LogP contribution in [0.5, 0.6) is 0 Å². The highest BCUT2D eigenvalue weighted by molar-refractivity contribution is 5.98. The summed E-state index contributed by atoms with van der Waals surface area (Å²) in [5, 5.41) is 15.7. The number of carboxylic acids is 1. The normalized spacial score (nSPS) is 15.0. The van der Waals surface area contributed by atoms with Crippen molar-refractivity contribution in [3.63, 3.8) is 0 Å². The van der Waals surface area contributed by atoms with Crippen molar-refractivity contribution in [1.29, 1.82) is 0 Å². The van der Waals surface area contributed by atoms with Gasteiger partial charge in [-0.3, -0.25) is 9.48 Å². The Hall–Kier alpha value is -1.85. The summed E-state index contributed by atoms with van der Waals surface area (Å²) in [5.41, 5.74) is 0.115. The van der Waals surface area contributed by atoms with Crippen LogP contribution in [0, 0.1) is 0 Å². The minimum Gasteiger partial charge on any atom is -0.480 e. The van der Waals surface area contributed by atoms with E-state index < -0.39 is 11.5 Å². The third kappa shape index (κ3) is 2.23. The lowest BCUT2D eigenvalue weighted by Gasteiger charge is -2.21. The number of hydrogen-bond donors (Lipinski definition) is 2. The van der Waals surface area contributed by atoms with Gasteiger partial charge in [0, 0.05) is 6.54 Å². The summed E-state index contributed by atoms with van der Waals surface area (Å²) in [6.45, 7) is 3.75. The Bertz CT molecular complexity index is 491. The number of carboxylic acid groups (broad SMARTS) is 1. The lowest BCUT2D eigenvalue weighted by atomic mass is 10.0. The molecule has 0 bridgehead atoms. The molecule has 2 heterocycles. The molecule has 0 aromatic carbocycles. The number of nitrogens with zero attached hydrogens (tertiary/aromatic N) is 2. The van der Waals surface area contributed by atoms with E-state index in [4.69, 9.17) is 5.11 Å². The number of aliphatic carboxylic acids is 1. The van der Waals surface area contributed by atoms with E-state index in [0.29, 0.717) is 5.56 Å². The molecular weight excluding hydrogens is 234 g/mol. The molecule has 6 heteroatoms. The Kier molecular flexibility index (Phi) is 3.11. The van der Waals surface area contributed by atoms with Crippen LogP contribution in [-0.2, 0) is 17.8 Å². The van der Waals surface area contributed by atoms with E-state index in [1.54, 1.807) is 0 Å². The molecule has 2 N–H and O–H groups in total. The van der Waals surface area contributed by atoms with Crippen LogP contribution < -0.4 is 5.32 Å². The number of hydrogen-bond acceptors (Lipinski definition) is 3. The highest BCUT2D eigenvalue weighted by Crippen LogP contribution is 2.18. The van der Waals surface area contributed by atoms with E-state index in [1.807, 2.05) is 4.68 Å². The Balaban J connectivity index is 2.20. The fourth-order valence-corrected chi connectivity index (χ4v) is 2.02. The molecule has 1 aliphatic heterocycles. The van der Waals surface area contributed by atoms with E-state index in [1.165, 1.54) is 20.0 Å². The Morgan fingerprint density at radius 2 is 2.17 bits per heavy atom. The number of carbonyl (C=O) groups excluding carboxylic acids is 1. The fraction of sp³-hybridized carbons (Fsp3) is 0.583. The average molecular weight is 251 g/mol. The van der Waals surface area contributed by atoms with Crippen LogP contribution in [0.4, 0.5) is 0 Å². The highest BCUT2D eigenvalue weighted by atomic mass is 16.4. The van der Waals surface area contributed by atoms with Gasteiger partial charge in [0.05, 0.1) is 17.5 Å². The quantitative estimate of drug-likeness (QED) is 0.832. The van der Waals surface area contributed by atoms with E-state index >= 15 is 0 Å². The summed E-state index contributed by atoms with van der Waals surface area (Å²) in [7, 11) is 0. The average Bonchev–Trinajstić information content (AvgIpc) is 2.71. The van der Waals surface area contributed by atoms with Crippen LogP contribution in [0.3, 0.4) is 0 Å². The van der Waals surface area contributed by atoms with Crippen LogP contribution >= 0.6 is 0 Å². The van der Waals surface area contributed by atoms with Crippen molar-refractivity contribution < 1.29 is 14.7 Å². The lowest BCUT2D eigenvalue weighted by Crippen LogP contribution is -2.49. The largest absolute Gasteiger partial charge is 0.480 e. The summed E-state index contributed by atoms with van der Waals surface area (Å²) >= 11 is 0. The van der Waals surface area contributed by atoms with Gasteiger partial charge in [0.25, 0.3) is 5.91 Å². The number of aryl methyl sites for hydroxylation is 1. The molecule has 0 radical (unpaired) electrons. The molecule has 0 unspecified atom stereocenters. The van der Waals surface area contributed by atoms with Gasteiger partial charge in [0.1, 0.15) is 5.54 Å². The first-order valence-corrected chi connectivity index (χ1v) is 6.02. The molecule has 18 heavy (non-hydrogen) atoms. The molecule has 98 valence electrons. The van der Waals surface area contributed by atoms with Crippen LogP contribution in [0.1, 0.15) is 42.7 Å². The molecule has 0 atom stereocenters.